The van der Waals surface area contributed by atoms with Gasteiger partial charge in [-0.1, -0.05) is 43.2 Å². The molecule has 0 spiro atoms. The van der Waals surface area contributed by atoms with Crippen LogP contribution >= 0.6 is 0 Å². The molecule has 2 amide bonds. The van der Waals surface area contributed by atoms with Crippen molar-refractivity contribution in [2.45, 2.75) is 69.6 Å². The minimum Gasteiger partial charge on any atom is -0.350 e. The van der Waals surface area contributed by atoms with Gasteiger partial charge >= 0.3 is 0 Å². The second-order valence-electron chi connectivity index (χ2n) is 9.39. The molecule has 0 aromatic heterocycles. The molecule has 1 aliphatic carbocycles. The molecular weight excluding hydrogens is 443 g/mol. The first-order chi connectivity index (χ1) is 16.3. The number of likely N-dealkylation sites (tertiary alicyclic amines) is 1. The van der Waals surface area contributed by atoms with E-state index in [1.165, 1.54) is 0 Å². The lowest BCUT2D eigenvalue weighted by atomic mass is 9.84. The van der Waals surface area contributed by atoms with Gasteiger partial charge in [-0.25, -0.2) is 13.2 Å². The lowest BCUT2D eigenvalue weighted by molar-refractivity contribution is -0.141. The van der Waals surface area contributed by atoms with Crippen molar-refractivity contribution in [3.8, 4) is 0 Å². The smallest absolute Gasteiger partial charge is 0.243 e. The van der Waals surface area contributed by atoms with Crippen molar-refractivity contribution in [1.82, 2.24) is 10.2 Å². The molecule has 1 saturated heterocycles. The van der Waals surface area contributed by atoms with Gasteiger partial charge in [0.25, 0.3) is 0 Å². The van der Waals surface area contributed by atoms with E-state index in [0.717, 1.165) is 37.3 Å². The molecule has 2 aromatic rings. The zero-order valence-corrected chi connectivity index (χ0v) is 19.0. The maximum absolute atomic E-state index is 14.0. The van der Waals surface area contributed by atoms with E-state index < -0.39 is 29.5 Å². The van der Waals surface area contributed by atoms with Crippen LogP contribution in [-0.4, -0.2) is 34.8 Å². The summed E-state index contributed by atoms with van der Waals surface area (Å²) >= 11 is 0. The fourth-order valence-corrected chi connectivity index (χ4v) is 5.36. The summed E-state index contributed by atoms with van der Waals surface area (Å²) in [4.78, 5) is 28.1. The third-order valence-corrected chi connectivity index (χ3v) is 7.00. The van der Waals surface area contributed by atoms with Crippen LogP contribution in [0.25, 0.3) is 0 Å². The Morgan fingerprint density at radius 2 is 1.74 bits per heavy atom. The Labute approximate surface area is 197 Å². The standard InChI is InChI=1S/C26H30F3N3O2/c27-20-14-22(29)21(28)11-18(20)10-19(30)13-25(33)32-23-9-5-4-8-17(23)12-24(32)26(34)31-15-16-6-2-1-3-7-16/h1-3,6-7,11,14,17,19,23-24H,4-5,8-10,12-13,15,30H2,(H,31,34)/t17-,19+,23-,24-/m0/s1. The number of rotatable bonds is 7. The Morgan fingerprint density at radius 3 is 2.50 bits per heavy atom. The maximum Gasteiger partial charge on any atom is 0.243 e. The van der Waals surface area contributed by atoms with Gasteiger partial charge in [-0.15, -0.1) is 0 Å². The molecule has 0 radical (unpaired) electrons. The third-order valence-electron chi connectivity index (χ3n) is 7.00. The number of halogens is 3. The molecule has 182 valence electrons. The van der Waals surface area contributed by atoms with Crippen LogP contribution < -0.4 is 11.1 Å². The summed E-state index contributed by atoms with van der Waals surface area (Å²) in [6, 6.07) is 9.45. The molecule has 0 bridgehead atoms. The van der Waals surface area contributed by atoms with E-state index in [1.54, 1.807) is 4.90 Å². The van der Waals surface area contributed by atoms with Crippen molar-refractivity contribution >= 4 is 11.8 Å². The molecule has 2 fully saturated rings. The molecule has 2 aliphatic rings. The van der Waals surface area contributed by atoms with Crippen LogP contribution in [0.1, 0.15) is 49.7 Å². The number of nitrogens with zero attached hydrogens (tertiary/aromatic N) is 1. The second kappa shape index (κ2) is 10.6. The maximum atomic E-state index is 14.0. The Balaban J connectivity index is 1.44. The summed E-state index contributed by atoms with van der Waals surface area (Å²) in [6.45, 7) is 0.377. The van der Waals surface area contributed by atoms with Gasteiger partial charge in [-0.2, -0.15) is 0 Å². The van der Waals surface area contributed by atoms with Gasteiger partial charge in [0.15, 0.2) is 11.6 Å². The molecule has 1 aliphatic heterocycles. The largest absolute Gasteiger partial charge is 0.350 e. The quantitative estimate of drug-likeness (QED) is 0.600. The summed E-state index contributed by atoms with van der Waals surface area (Å²) in [6.07, 6.45) is 4.29. The van der Waals surface area contributed by atoms with Crippen molar-refractivity contribution in [1.29, 1.82) is 0 Å². The number of amides is 2. The van der Waals surface area contributed by atoms with Gasteiger partial charge in [0.2, 0.25) is 11.8 Å². The average Bonchev–Trinajstić information content (AvgIpc) is 3.21. The molecule has 4 atom stereocenters. The summed E-state index contributed by atoms with van der Waals surface area (Å²) in [7, 11) is 0. The van der Waals surface area contributed by atoms with Gasteiger partial charge in [-0.05, 0) is 48.8 Å². The molecule has 1 heterocycles. The monoisotopic (exact) mass is 473 g/mol. The van der Waals surface area contributed by atoms with E-state index in [9.17, 15) is 22.8 Å². The van der Waals surface area contributed by atoms with Crippen LogP contribution in [0.2, 0.25) is 0 Å². The zero-order chi connectivity index (χ0) is 24.2. The number of carbonyl (C=O) groups excluding carboxylic acids is 2. The lowest BCUT2D eigenvalue weighted by Crippen LogP contribution is -2.50. The summed E-state index contributed by atoms with van der Waals surface area (Å²) in [5.41, 5.74) is 7.02. The number of hydrogen-bond donors (Lipinski definition) is 2. The topological polar surface area (TPSA) is 75.4 Å². The fourth-order valence-electron chi connectivity index (χ4n) is 5.36. The lowest BCUT2D eigenvalue weighted by Gasteiger charge is -2.34. The molecule has 4 rings (SSSR count). The summed E-state index contributed by atoms with van der Waals surface area (Å²) < 4.78 is 40.8. The second-order valence-corrected chi connectivity index (χ2v) is 9.39. The molecule has 5 nitrogen and oxygen atoms in total. The average molecular weight is 474 g/mol. The Morgan fingerprint density at radius 1 is 1.03 bits per heavy atom. The normalized spacial score (nSPS) is 22.8. The van der Waals surface area contributed by atoms with Crippen LogP contribution in [0.3, 0.4) is 0 Å². The van der Waals surface area contributed by atoms with E-state index in [0.29, 0.717) is 19.0 Å². The van der Waals surface area contributed by atoms with Gasteiger partial charge in [0, 0.05) is 31.1 Å². The number of fused-ring (bicyclic) bond motifs is 1. The van der Waals surface area contributed by atoms with Gasteiger partial charge < -0.3 is 16.0 Å². The molecule has 2 aromatic carbocycles. The summed E-state index contributed by atoms with van der Waals surface area (Å²) in [5.74, 6) is -3.50. The van der Waals surface area contributed by atoms with Crippen LogP contribution in [0.15, 0.2) is 42.5 Å². The Kier molecular flexibility index (Phi) is 7.56. The first-order valence-electron chi connectivity index (χ1n) is 11.8. The minimum atomic E-state index is -1.27. The predicted molar refractivity (Wildman–Crippen MR) is 122 cm³/mol. The van der Waals surface area contributed by atoms with Crippen LogP contribution in [0, 0.1) is 23.4 Å². The Bertz CT molecular complexity index is 1030. The Hall–Kier alpha value is -2.87. The molecular formula is C26H30F3N3O2. The minimum absolute atomic E-state index is 0.0130. The fraction of sp³-hybridized carbons (Fsp3) is 0.462. The van der Waals surface area contributed by atoms with Crippen LogP contribution in [0.5, 0.6) is 0 Å². The van der Waals surface area contributed by atoms with Crippen LogP contribution in [0.4, 0.5) is 13.2 Å². The summed E-state index contributed by atoms with van der Waals surface area (Å²) in [5, 5.41) is 2.96. The highest BCUT2D eigenvalue weighted by atomic mass is 19.2. The molecule has 34 heavy (non-hydrogen) atoms. The third kappa shape index (κ3) is 5.43. The van der Waals surface area contributed by atoms with E-state index in [2.05, 4.69) is 5.32 Å². The van der Waals surface area contributed by atoms with E-state index >= 15 is 0 Å². The van der Waals surface area contributed by atoms with Crippen molar-refractivity contribution in [3.05, 3.63) is 71.0 Å². The van der Waals surface area contributed by atoms with Crippen molar-refractivity contribution in [2.75, 3.05) is 0 Å². The first-order valence-corrected chi connectivity index (χ1v) is 11.8. The van der Waals surface area contributed by atoms with E-state index in [1.807, 2.05) is 30.3 Å². The van der Waals surface area contributed by atoms with Crippen molar-refractivity contribution < 1.29 is 22.8 Å². The number of hydrogen-bond acceptors (Lipinski definition) is 3. The highest BCUT2D eigenvalue weighted by Crippen LogP contribution is 2.40. The van der Waals surface area contributed by atoms with Crippen LogP contribution in [-0.2, 0) is 22.6 Å². The molecule has 0 unspecified atom stereocenters. The number of carbonyl (C=O) groups is 2. The molecule has 8 heteroatoms. The van der Waals surface area contributed by atoms with E-state index in [-0.39, 0.29) is 42.2 Å². The SMILES string of the molecule is N[C@@H](CC(=O)N1[C@H](C(=O)NCc2ccccc2)C[C@@H]2CCCC[C@@H]21)Cc1cc(F)c(F)cc1F. The van der Waals surface area contributed by atoms with Gasteiger partial charge in [-0.3, -0.25) is 9.59 Å². The number of benzene rings is 2. The first kappa shape index (κ1) is 24.3. The molecule has 1 saturated carbocycles. The van der Waals surface area contributed by atoms with Crippen molar-refractivity contribution in [3.63, 3.8) is 0 Å². The number of nitrogens with one attached hydrogen (secondary N) is 1. The highest BCUT2D eigenvalue weighted by Gasteiger charge is 2.47. The number of nitrogens with two attached hydrogens (primary N) is 1. The van der Waals surface area contributed by atoms with Gasteiger partial charge in [0.05, 0.1) is 0 Å². The zero-order valence-electron chi connectivity index (χ0n) is 19.0. The van der Waals surface area contributed by atoms with E-state index in [4.69, 9.17) is 5.73 Å². The van der Waals surface area contributed by atoms with Crippen molar-refractivity contribution in [2.24, 2.45) is 11.7 Å². The predicted octanol–water partition coefficient (Wildman–Crippen LogP) is 3.84. The highest BCUT2D eigenvalue weighted by molar-refractivity contribution is 5.89. The molecule has 3 N–H and O–H groups in total. The van der Waals surface area contributed by atoms with Gasteiger partial charge in [0.1, 0.15) is 11.9 Å².